The minimum absolute atomic E-state index is 0.0291. The summed E-state index contributed by atoms with van der Waals surface area (Å²) in [5.41, 5.74) is 18.9. The minimum Gasteiger partial charge on any atom is -0.310 e. The van der Waals surface area contributed by atoms with E-state index in [1.54, 1.807) is 0 Å². The zero-order chi connectivity index (χ0) is 41.3. The van der Waals surface area contributed by atoms with Crippen molar-refractivity contribution in [2.75, 3.05) is 4.90 Å². The van der Waals surface area contributed by atoms with Crippen molar-refractivity contribution in [3.05, 3.63) is 156 Å². The molecule has 5 heteroatoms. The van der Waals surface area contributed by atoms with Crippen LogP contribution < -0.4 is 20.6 Å². The lowest BCUT2D eigenvalue weighted by Crippen LogP contribution is -2.59. The van der Waals surface area contributed by atoms with Gasteiger partial charge in [-0.2, -0.15) is 0 Å². The first-order chi connectivity index (χ1) is 29.4. The van der Waals surface area contributed by atoms with Crippen molar-refractivity contribution in [2.24, 2.45) is 0 Å². The van der Waals surface area contributed by atoms with E-state index in [-0.39, 0.29) is 23.0 Å². The Labute approximate surface area is 361 Å². The van der Waals surface area contributed by atoms with E-state index in [4.69, 9.17) is 0 Å². The highest BCUT2D eigenvalue weighted by Gasteiger charge is 2.45. The summed E-state index contributed by atoms with van der Waals surface area (Å²) in [4.78, 5) is 2.67. The van der Waals surface area contributed by atoms with E-state index in [2.05, 4.69) is 202 Å². The molecule has 0 radical (unpaired) electrons. The van der Waals surface area contributed by atoms with Crippen molar-refractivity contribution >= 4 is 105 Å². The van der Waals surface area contributed by atoms with Gasteiger partial charge in [0.25, 0.3) is 6.71 Å². The van der Waals surface area contributed by atoms with Crippen LogP contribution in [0.3, 0.4) is 0 Å². The molecule has 13 rings (SSSR count). The van der Waals surface area contributed by atoms with Gasteiger partial charge >= 0.3 is 0 Å². The zero-order valence-corrected chi connectivity index (χ0v) is 36.8. The molecule has 0 spiro atoms. The van der Waals surface area contributed by atoms with Gasteiger partial charge in [-0.15, -0.1) is 11.3 Å². The summed E-state index contributed by atoms with van der Waals surface area (Å²) >= 11 is 2.00. The molecule has 0 unspecified atom stereocenters. The second kappa shape index (κ2) is 11.9. The van der Waals surface area contributed by atoms with Crippen molar-refractivity contribution in [2.45, 2.75) is 77.6 Å². The van der Waals surface area contributed by atoms with Crippen LogP contribution >= 0.6 is 11.3 Å². The van der Waals surface area contributed by atoms with Gasteiger partial charge in [-0.25, -0.2) is 0 Å². The maximum absolute atomic E-state index is 2.67. The van der Waals surface area contributed by atoms with E-state index < -0.39 is 0 Å². The smallest absolute Gasteiger partial charge is 0.264 e. The predicted molar refractivity (Wildman–Crippen MR) is 264 cm³/mol. The van der Waals surface area contributed by atoms with Gasteiger partial charge < -0.3 is 14.0 Å². The largest absolute Gasteiger partial charge is 0.310 e. The monoisotopic (exact) mass is 805 g/mol. The molecule has 0 fully saturated rings. The van der Waals surface area contributed by atoms with Gasteiger partial charge in [-0.05, 0) is 117 Å². The van der Waals surface area contributed by atoms with Crippen LogP contribution in [0.5, 0.6) is 0 Å². The molecule has 0 bridgehead atoms. The number of para-hydroxylation sites is 3. The van der Waals surface area contributed by atoms with Crippen molar-refractivity contribution in [1.29, 1.82) is 0 Å². The summed E-state index contributed by atoms with van der Waals surface area (Å²) in [6.45, 7) is 16.9. The van der Waals surface area contributed by atoms with Gasteiger partial charge in [0.2, 0.25) is 0 Å². The Morgan fingerprint density at radius 3 is 2.10 bits per heavy atom. The van der Waals surface area contributed by atoms with Crippen molar-refractivity contribution in [3.8, 4) is 11.4 Å². The van der Waals surface area contributed by atoms with Gasteiger partial charge in [0.05, 0.1) is 22.2 Å². The predicted octanol–water partition coefficient (Wildman–Crippen LogP) is 13.4. The topological polar surface area (TPSA) is 13.1 Å². The standard InChI is InChI=1S/C56H48BN3S/c1-54(2,3)33-23-28-47-39(31-33)52-53(61-47)57-42-19-13-18-36-37-25-27-44-48(38-17-11-12-20-43(38)58(44)34-15-9-8-10-16-34)51(37)60(50(36)42)46-22-14-21-45(49(46)57)59(52)35-24-26-40-41(32-35)56(6,7)30-29-55(40,4)5/h8-28,31-32H,29-30H2,1-7H3. The number of hydrogen-bond donors (Lipinski definition) is 0. The third kappa shape index (κ3) is 4.65. The molecular formula is C56H48BN3S. The van der Waals surface area contributed by atoms with E-state index in [0.29, 0.717) is 0 Å². The normalized spacial score (nSPS) is 16.2. The molecule has 296 valence electrons. The van der Waals surface area contributed by atoms with Gasteiger partial charge in [-0.3, -0.25) is 0 Å². The highest BCUT2D eigenvalue weighted by atomic mass is 32.1. The zero-order valence-electron chi connectivity index (χ0n) is 36.0. The molecule has 61 heavy (non-hydrogen) atoms. The number of anilines is 3. The fraction of sp³-hybridized carbons (Fsp3) is 0.214. The molecule has 0 saturated carbocycles. The first-order valence-corrected chi connectivity index (χ1v) is 22.9. The van der Waals surface area contributed by atoms with Gasteiger partial charge in [0.1, 0.15) is 0 Å². The number of rotatable bonds is 2. The van der Waals surface area contributed by atoms with Crippen LogP contribution in [0, 0.1) is 0 Å². The fourth-order valence-electron chi connectivity index (χ4n) is 11.7. The summed E-state index contributed by atoms with van der Waals surface area (Å²) in [7, 11) is 0. The Morgan fingerprint density at radius 1 is 0.557 bits per heavy atom. The molecule has 1 aliphatic carbocycles. The average molecular weight is 806 g/mol. The Hall–Kier alpha value is -6.04. The SMILES string of the molecule is CC(C)(C)c1ccc2sc3c(c2c1)N(c1ccc2c(c1)C(C)(C)CCC2(C)C)c1cccc2c1B3c1cccc3c4ccc5c(c6ccccc6n5-c5ccccc5)c4n-2c13. The molecule has 0 N–H and O–H groups in total. The molecule has 2 aliphatic heterocycles. The molecule has 0 atom stereocenters. The Balaban J connectivity index is 1.17. The first kappa shape index (κ1) is 35.7. The highest BCUT2D eigenvalue weighted by Crippen LogP contribution is 2.51. The molecule has 0 amide bonds. The fourth-order valence-corrected chi connectivity index (χ4v) is 13.0. The van der Waals surface area contributed by atoms with E-state index in [9.17, 15) is 0 Å². The van der Waals surface area contributed by atoms with Gasteiger partial charge in [0, 0.05) is 64.7 Å². The second-order valence-electron chi connectivity index (χ2n) is 20.4. The third-order valence-corrected chi connectivity index (χ3v) is 16.1. The molecule has 3 nitrogen and oxygen atoms in total. The molecule has 5 heterocycles. The van der Waals surface area contributed by atoms with Crippen LogP contribution in [0.15, 0.2) is 140 Å². The molecule has 3 aliphatic rings. The number of thiophene rings is 1. The van der Waals surface area contributed by atoms with Crippen molar-refractivity contribution < 1.29 is 0 Å². The molecule has 7 aromatic carbocycles. The Bertz CT molecular complexity index is 3540. The molecule has 10 aromatic rings. The van der Waals surface area contributed by atoms with Crippen LogP contribution in [0.1, 0.15) is 78.0 Å². The molecular weight excluding hydrogens is 758 g/mol. The molecule has 0 saturated heterocycles. The third-order valence-electron chi connectivity index (χ3n) is 14.9. The summed E-state index contributed by atoms with van der Waals surface area (Å²) in [5, 5.41) is 6.57. The quantitative estimate of drug-likeness (QED) is 0.159. The Morgan fingerprint density at radius 2 is 1.28 bits per heavy atom. The summed E-state index contributed by atoms with van der Waals surface area (Å²) in [6, 6.07) is 53.6. The number of fused-ring (bicyclic) bond motifs is 14. The lowest BCUT2D eigenvalue weighted by molar-refractivity contribution is 0.332. The summed E-state index contributed by atoms with van der Waals surface area (Å²) in [5.74, 6) is 0. The van der Waals surface area contributed by atoms with Crippen LogP contribution in [-0.2, 0) is 16.2 Å². The first-order valence-electron chi connectivity index (χ1n) is 22.1. The Kier molecular flexibility index (Phi) is 6.94. The number of hydrogen-bond acceptors (Lipinski definition) is 2. The number of aromatic nitrogens is 2. The highest BCUT2D eigenvalue weighted by molar-refractivity contribution is 7.33. The van der Waals surface area contributed by atoms with E-state index in [1.807, 2.05) is 11.3 Å². The average Bonchev–Trinajstić information content (AvgIpc) is 3.92. The maximum Gasteiger partial charge on any atom is 0.264 e. The van der Waals surface area contributed by atoms with Crippen LogP contribution in [0.4, 0.5) is 17.1 Å². The summed E-state index contributed by atoms with van der Waals surface area (Å²) < 4.78 is 7.91. The minimum atomic E-state index is 0.0291. The van der Waals surface area contributed by atoms with Gasteiger partial charge in [-0.1, -0.05) is 127 Å². The van der Waals surface area contributed by atoms with E-state index in [0.717, 1.165) is 0 Å². The lowest BCUT2D eigenvalue weighted by atomic mass is 9.36. The summed E-state index contributed by atoms with van der Waals surface area (Å²) in [6.07, 6.45) is 2.39. The van der Waals surface area contributed by atoms with Crippen molar-refractivity contribution in [3.63, 3.8) is 0 Å². The lowest BCUT2D eigenvalue weighted by Gasteiger charge is -2.43. The van der Waals surface area contributed by atoms with Crippen LogP contribution in [-0.4, -0.2) is 15.8 Å². The van der Waals surface area contributed by atoms with Crippen LogP contribution in [0.25, 0.3) is 65.1 Å². The second-order valence-corrected chi connectivity index (χ2v) is 21.5. The van der Waals surface area contributed by atoms with E-state index >= 15 is 0 Å². The number of nitrogens with zero attached hydrogens (tertiary/aromatic N) is 3. The maximum atomic E-state index is 2.67. The van der Waals surface area contributed by atoms with E-state index in [1.165, 1.54) is 127 Å². The molecule has 3 aromatic heterocycles. The van der Waals surface area contributed by atoms with Gasteiger partial charge in [0.15, 0.2) is 0 Å². The van der Waals surface area contributed by atoms with Crippen LogP contribution in [0.2, 0.25) is 0 Å². The number of benzene rings is 7. The van der Waals surface area contributed by atoms with Crippen molar-refractivity contribution in [1.82, 2.24) is 9.13 Å².